The Morgan fingerprint density at radius 3 is 2.21 bits per heavy atom. The van der Waals surface area contributed by atoms with Crippen molar-refractivity contribution in [3.05, 3.63) is 65.7 Å². The van der Waals surface area contributed by atoms with Crippen molar-refractivity contribution in [3.8, 4) is 0 Å². The van der Waals surface area contributed by atoms with Gasteiger partial charge in [0, 0.05) is 6.26 Å². The van der Waals surface area contributed by atoms with Gasteiger partial charge >= 0.3 is 195 Å². The Kier molecular flexibility index (Phi) is 11.2. The number of sulfone groups is 1. The summed E-state index contributed by atoms with van der Waals surface area (Å²) in [4.78, 5) is 29.6. The van der Waals surface area contributed by atoms with Crippen LogP contribution < -0.4 is 0 Å². The summed E-state index contributed by atoms with van der Waals surface area (Å²) in [6.45, 7) is 4.77. The minimum atomic E-state index is -4.47. The zero-order valence-corrected chi connectivity index (χ0v) is 25.2. The number of piperidine rings is 1. The molecule has 1 unspecified atom stereocenters. The van der Waals surface area contributed by atoms with Crippen molar-refractivity contribution >= 4 is 36.1 Å². The van der Waals surface area contributed by atoms with E-state index in [1.165, 1.54) is 12.1 Å². The van der Waals surface area contributed by atoms with Crippen molar-refractivity contribution in [2.45, 2.75) is 60.8 Å². The van der Waals surface area contributed by atoms with Gasteiger partial charge in [0.1, 0.15) is 0 Å². The molecule has 0 bridgehead atoms. The first-order valence-corrected chi connectivity index (χ1v) is 17.2. The molecule has 1 aliphatic rings. The van der Waals surface area contributed by atoms with Crippen LogP contribution in [-0.2, 0) is 25.8 Å². The molecule has 11 heteroatoms. The quantitative estimate of drug-likeness (QED) is 0.333. The van der Waals surface area contributed by atoms with Crippen molar-refractivity contribution < 1.29 is 31.2 Å². The fraction of sp³-hybridized carbons (Fsp3) is 0.500. The average molecular weight is 629 g/mol. The molecule has 3 rings (SSSR count). The van der Waals surface area contributed by atoms with E-state index in [2.05, 4.69) is 4.90 Å². The molecule has 39 heavy (non-hydrogen) atoms. The summed E-state index contributed by atoms with van der Waals surface area (Å²) in [7, 11) is -3.29. The first-order chi connectivity index (χ1) is 18.4. The number of carbonyl (C=O) groups excluding carboxylic acids is 2. The van der Waals surface area contributed by atoms with Gasteiger partial charge in [0.2, 0.25) is 0 Å². The standard InChI is InChI=1S/C28H36AsF3N2O4S/c1-3-34(27(36)19-21-9-11-24(12-10-21)39(2,37)38)23-13-16-33(17-14-23)18-15-25(22-7-5-4-6-8-22)29-26(35)20-28(30,31)32/h4-12,23,25,29H,3,13-20H2,1-2H3/t25-/m0/s1. The van der Waals surface area contributed by atoms with Gasteiger partial charge in [0.05, 0.1) is 4.90 Å². The van der Waals surface area contributed by atoms with Crippen LogP contribution in [0.2, 0.25) is 0 Å². The number of hydrogen-bond donors (Lipinski definition) is 0. The summed E-state index contributed by atoms with van der Waals surface area (Å²) in [5, 5.41) is 0. The number of likely N-dealkylation sites (tertiary alicyclic amines) is 1. The summed E-state index contributed by atoms with van der Waals surface area (Å²) in [6, 6.07) is 15.8. The van der Waals surface area contributed by atoms with Gasteiger partial charge in [-0.2, -0.15) is 0 Å². The molecule has 1 amide bonds. The number of halogens is 3. The topological polar surface area (TPSA) is 74.8 Å². The Balaban J connectivity index is 1.53. The summed E-state index contributed by atoms with van der Waals surface area (Å²) >= 11 is -1.48. The molecule has 0 saturated carbocycles. The SMILES string of the molecule is CCN(C(=O)Cc1ccc(S(C)(=O)=O)cc1)C1CCN(CC[C@H]([AsH]C(=O)CC(F)(F)F)c2ccccc2)CC1. The molecule has 0 aliphatic carbocycles. The number of hydrogen-bond acceptors (Lipinski definition) is 5. The number of likely N-dealkylation sites (N-methyl/N-ethyl adjacent to an activating group) is 1. The molecule has 214 valence electrons. The number of rotatable bonds is 12. The molecule has 1 aliphatic heterocycles. The number of alkyl halides is 3. The number of nitrogens with zero attached hydrogens (tertiary/aromatic N) is 2. The third-order valence-electron chi connectivity index (χ3n) is 7.00. The van der Waals surface area contributed by atoms with Gasteiger partial charge in [0.15, 0.2) is 9.84 Å². The molecule has 0 spiro atoms. The van der Waals surface area contributed by atoms with Crippen LogP contribution >= 0.6 is 0 Å². The average Bonchev–Trinajstić information content (AvgIpc) is 2.87. The number of carbonyl (C=O) groups is 2. The first kappa shape index (κ1) is 31.4. The van der Waals surface area contributed by atoms with Gasteiger partial charge in [-0.15, -0.1) is 0 Å². The fourth-order valence-electron chi connectivity index (χ4n) is 4.97. The zero-order chi connectivity index (χ0) is 28.6. The van der Waals surface area contributed by atoms with E-state index in [0.717, 1.165) is 43.3 Å². The second-order valence-electron chi connectivity index (χ2n) is 9.96. The van der Waals surface area contributed by atoms with Gasteiger partial charge < -0.3 is 0 Å². The Hall–Kier alpha value is -2.16. The third kappa shape index (κ3) is 10.1. The summed E-state index contributed by atoms with van der Waals surface area (Å²) < 4.78 is 60.8. The molecule has 0 radical (unpaired) electrons. The summed E-state index contributed by atoms with van der Waals surface area (Å²) in [5.41, 5.74) is 1.69. The van der Waals surface area contributed by atoms with Gasteiger partial charge in [-0.25, -0.2) is 8.42 Å². The Morgan fingerprint density at radius 2 is 1.67 bits per heavy atom. The van der Waals surface area contributed by atoms with E-state index < -0.39 is 42.8 Å². The van der Waals surface area contributed by atoms with Gasteiger partial charge in [0.25, 0.3) is 0 Å². The molecule has 1 fully saturated rings. The van der Waals surface area contributed by atoms with Crippen LogP contribution in [0.3, 0.4) is 0 Å². The molecule has 2 aromatic carbocycles. The molecule has 2 aromatic rings. The van der Waals surface area contributed by atoms with E-state index in [-0.39, 0.29) is 28.0 Å². The minimum absolute atomic E-state index is 0.000717. The van der Waals surface area contributed by atoms with Crippen LogP contribution in [0, 0.1) is 0 Å². The van der Waals surface area contributed by atoms with Gasteiger partial charge in [-0.3, -0.25) is 0 Å². The van der Waals surface area contributed by atoms with Crippen LogP contribution in [0.15, 0.2) is 59.5 Å². The molecule has 0 N–H and O–H groups in total. The van der Waals surface area contributed by atoms with E-state index in [1.807, 2.05) is 42.2 Å². The van der Waals surface area contributed by atoms with Crippen LogP contribution in [0.1, 0.15) is 48.4 Å². The second-order valence-corrected chi connectivity index (χ2v) is 15.2. The monoisotopic (exact) mass is 628 g/mol. The molecule has 0 aromatic heterocycles. The maximum atomic E-state index is 13.1. The molecular formula is C28H36AsF3N2O4S. The Morgan fingerprint density at radius 1 is 1.05 bits per heavy atom. The third-order valence-corrected chi connectivity index (χ3v) is 11.2. The molecule has 1 saturated heterocycles. The van der Waals surface area contributed by atoms with Crippen molar-refractivity contribution in [1.82, 2.24) is 9.80 Å². The van der Waals surface area contributed by atoms with E-state index in [9.17, 15) is 31.2 Å². The first-order valence-electron chi connectivity index (χ1n) is 13.1. The van der Waals surface area contributed by atoms with Crippen molar-refractivity contribution in [3.63, 3.8) is 0 Å². The maximum absolute atomic E-state index is 13.1. The van der Waals surface area contributed by atoms with Crippen molar-refractivity contribution in [2.75, 3.05) is 32.4 Å². The van der Waals surface area contributed by atoms with E-state index in [0.29, 0.717) is 19.5 Å². The van der Waals surface area contributed by atoms with Crippen LogP contribution in [0.25, 0.3) is 0 Å². The zero-order valence-electron chi connectivity index (χ0n) is 22.3. The van der Waals surface area contributed by atoms with Crippen molar-refractivity contribution in [1.29, 1.82) is 0 Å². The van der Waals surface area contributed by atoms with E-state index in [1.54, 1.807) is 12.1 Å². The molecule has 6 nitrogen and oxygen atoms in total. The molecular weight excluding hydrogens is 592 g/mol. The van der Waals surface area contributed by atoms with Crippen LogP contribution in [-0.4, -0.2) is 89.1 Å². The fourth-order valence-corrected chi connectivity index (χ4v) is 8.38. The summed E-state index contributed by atoms with van der Waals surface area (Å²) in [5.74, 6) is 0.000717. The molecule has 1 heterocycles. The second kappa shape index (κ2) is 14.0. The normalized spacial score (nSPS) is 16.4. The van der Waals surface area contributed by atoms with Crippen molar-refractivity contribution in [2.24, 2.45) is 0 Å². The van der Waals surface area contributed by atoms with Gasteiger partial charge in [-0.05, 0) is 12.1 Å². The number of benzene rings is 2. The number of amides is 1. The predicted octanol–water partition coefficient (Wildman–Crippen LogP) is 3.99. The Labute approximate surface area is 235 Å². The van der Waals surface area contributed by atoms with E-state index in [4.69, 9.17) is 0 Å². The molecule has 2 atom stereocenters. The van der Waals surface area contributed by atoms with Crippen LogP contribution in [0.4, 0.5) is 13.2 Å². The van der Waals surface area contributed by atoms with E-state index >= 15 is 0 Å². The predicted molar refractivity (Wildman–Crippen MR) is 147 cm³/mol. The Bertz CT molecular complexity index is 1200. The summed E-state index contributed by atoms with van der Waals surface area (Å²) in [6.07, 6.45) is -2.23. The van der Waals surface area contributed by atoms with Gasteiger partial charge in [-0.1, -0.05) is 0 Å². The van der Waals surface area contributed by atoms with Crippen LogP contribution in [0.5, 0.6) is 0 Å².